The van der Waals surface area contributed by atoms with Gasteiger partial charge in [0.1, 0.15) is 0 Å². The average molecular weight is 401 g/mol. The molecule has 1 amide bonds. The van der Waals surface area contributed by atoms with E-state index in [4.69, 9.17) is 0 Å². The number of hydrogen-bond acceptors (Lipinski definition) is 4. The first-order valence-corrected chi connectivity index (χ1v) is 10.6. The first-order valence-electron chi connectivity index (χ1n) is 8.31. The summed E-state index contributed by atoms with van der Waals surface area (Å²) in [6.07, 6.45) is 0. The topological polar surface area (TPSA) is 66.5 Å². The molecule has 0 radical (unpaired) electrons. The number of carbonyl (C=O) groups excluding carboxylic acids is 1. The Morgan fingerprint density at radius 2 is 1.63 bits per heavy atom. The van der Waals surface area contributed by atoms with Gasteiger partial charge < -0.3 is 5.32 Å². The molecular formula is C20H20N2O3S2. The molecule has 3 rings (SSSR count). The fourth-order valence-electron chi connectivity index (χ4n) is 2.62. The second-order valence-electron chi connectivity index (χ2n) is 6.14. The lowest BCUT2D eigenvalue weighted by atomic mass is 10.0. The van der Waals surface area contributed by atoms with E-state index in [-0.39, 0.29) is 16.8 Å². The van der Waals surface area contributed by atoms with Crippen LogP contribution in [0.15, 0.2) is 77.0 Å². The number of carbonyl (C=O) groups is 1. The molecule has 0 fully saturated rings. The number of amides is 1. The number of rotatable bonds is 6. The van der Waals surface area contributed by atoms with Crippen LogP contribution in [0, 0.1) is 0 Å². The molecule has 0 spiro atoms. The largest absolute Gasteiger partial charge is 0.340 e. The van der Waals surface area contributed by atoms with E-state index >= 15 is 0 Å². The number of hydrogen-bond donors (Lipinski definition) is 1. The molecule has 0 aliphatic rings. The summed E-state index contributed by atoms with van der Waals surface area (Å²) >= 11 is 1.57. The van der Waals surface area contributed by atoms with E-state index < -0.39 is 10.0 Å². The van der Waals surface area contributed by atoms with Crippen LogP contribution in [0.3, 0.4) is 0 Å². The van der Waals surface area contributed by atoms with Crippen molar-refractivity contribution in [2.75, 3.05) is 14.1 Å². The zero-order chi connectivity index (χ0) is 19.4. The summed E-state index contributed by atoms with van der Waals surface area (Å²) in [6, 6.07) is 19.4. The highest BCUT2D eigenvalue weighted by Crippen LogP contribution is 2.26. The van der Waals surface area contributed by atoms with Gasteiger partial charge in [-0.1, -0.05) is 36.4 Å². The Kier molecular flexibility index (Phi) is 5.74. The van der Waals surface area contributed by atoms with Crippen molar-refractivity contribution in [1.29, 1.82) is 0 Å². The second kappa shape index (κ2) is 8.04. The van der Waals surface area contributed by atoms with Crippen LogP contribution in [0.4, 0.5) is 0 Å². The van der Waals surface area contributed by atoms with Gasteiger partial charge in [0, 0.05) is 24.5 Å². The van der Waals surface area contributed by atoms with Crippen LogP contribution in [0.1, 0.15) is 26.8 Å². The van der Waals surface area contributed by atoms with Gasteiger partial charge in [-0.25, -0.2) is 12.7 Å². The molecule has 3 aromatic rings. The van der Waals surface area contributed by atoms with Crippen LogP contribution in [0.2, 0.25) is 0 Å². The molecule has 0 saturated carbocycles. The number of nitrogens with zero attached hydrogens (tertiary/aromatic N) is 1. The van der Waals surface area contributed by atoms with E-state index in [0.29, 0.717) is 5.56 Å². The predicted molar refractivity (Wildman–Crippen MR) is 107 cm³/mol. The molecule has 2 aromatic carbocycles. The van der Waals surface area contributed by atoms with Gasteiger partial charge in [0.15, 0.2) is 0 Å². The predicted octanol–water partition coefficient (Wildman–Crippen LogP) is 3.52. The second-order valence-corrected chi connectivity index (χ2v) is 9.28. The molecule has 1 heterocycles. The number of sulfonamides is 1. The normalized spacial score (nSPS) is 12.7. The van der Waals surface area contributed by atoms with Crippen LogP contribution < -0.4 is 5.32 Å². The summed E-state index contributed by atoms with van der Waals surface area (Å²) in [5, 5.41) is 5.02. The van der Waals surface area contributed by atoms with Crippen LogP contribution in [-0.4, -0.2) is 32.7 Å². The van der Waals surface area contributed by atoms with Crippen molar-refractivity contribution in [2.45, 2.75) is 10.9 Å². The van der Waals surface area contributed by atoms with Gasteiger partial charge >= 0.3 is 0 Å². The van der Waals surface area contributed by atoms with Crippen LogP contribution in [0.25, 0.3) is 0 Å². The van der Waals surface area contributed by atoms with Crippen molar-refractivity contribution in [1.82, 2.24) is 9.62 Å². The third kappa shape index (κ3) is 4.27. The fraction of sp³-hybridized carbons (Fsp3) is 0.150. The molecule has 140 valence electrons. The number of thiophene rings is 1. The lowest BCUT2D eigenvalue weighted by molar-refractivity contribution is 0.0943. The van der Waals surface area contributed by atoms with E-state index in [9.17, 15) is 13.2 Å². The molecule has 1 atom stereocenters. The van der Waals surface area contributed by atoms with Crippen LogP contribution in [0.5, 0.6) is 0 Å². The van der Waals surface area contributed by atoms with E-state index in [1.807, 2.05) is 47.8 Å². The standard InChI is InChI=1S/C20H20N2O3S2/c1-22(2)27(24,25)17-12-10-16(11-13-17)20(23)21-19(18-9-6-14-26-18)15-7-4-3-5-8-15/h3-14,19H,1-2H3,(H,21,23)/t19-/m1/s1. The molecule has 1 aromatic heterocycles. The molecule has 0 aliphatic carbocycles. The van der Waals surface area contributed by atoms with Crippen molar-refractivity contribution >= 4 is 27.3 Å². The monoisotopic (exact) mass is 400 g/mol. The first kappa shape index (κ1) is 19.3. The third-order valence-electron chi connectivity index (χ3n) is 4.13. The summed E-state index contributed by atoms with van der Waals surface area (Å²) < 4.78 is 25.5. The minimum atomic E-state index is -3.52. The summed E-state index contributed by atoms with van der Waals surface area (Å²) in [6.45, 7) is 0. The van der Waals surface area contributed by atoms with Gasteiger partial charge in [0.2, 0.25) is 10.0 Å². The van der Waals surface area contributed by atoms with Crippen LogP contribution >= 0.6 is 11.3 Å². The summed E-state index contributed by atoms with van der Waals surface area (Å²) in [7, 11) is -0.570. The van der Waals surface area contributed by atoms with Gasteiger partial charge in [-0.3, -0.25) is 4.79 Å². The van der Waals surface area contributed by atoms with E-state index in [1.54, 1.807) is 11.3 Å². The van der Waals surface area contributed by atoms with E-state index in [0.717, 1.165) is 14.7 Å². The molecule has 27 heavy (non-hydrogen) atoms. The minimum absolute atomic E-state index is 0.155. The summed E-state index contributed by atoms with van der Waals surface area (Å²) in [5.41, 5.74) is 1.39. The van der Waals surface area contributed by atoms with Crippen molar-refractivity contribution in [3.8, 4) is 0 Å². The van der Waals surface area contributed by atoms with E-state index in [1.165, 1.54) is 38.4 Å². The Morgan fingerprint density at radius 1 is 0.963 bits per heavy atom. The maximum atomic E-state index is 12.8. The molecule has 0 saturated heterocycles. The Labute approximate surface area is 163 Å². The molecular weight excluding hydrogens is 380 g/mol. The van der Waals surface area contributed by atoms with Crippen molar-refractivity contribution in [2.24, 2.45) is 0 Å². The zero-order valence-corrected chi connectivity index (χ0v) is 16.6. The highest BCUT2D eigenvalue weighted by molar-refractivity contribution is 7.89. The van der Waals surface area contributed by atoms with E-state index in [2.05, 4.69) is 5.32 Å². The van der Waals surface area contributed by atoms with Gasteiger partial charge in [-0.15, -0.1) is 11.3 Å². The third-order valence-corrected chi connectivity index (χ3v) is 6.90. The van der Waals surface area contributed by atoms with Gasteiger partial charge in [0.05, 0.1) is 10.9 Å². The molecule has 7 heteroatoms. The SMILES string of the molecule is CN(C)S(=O)(=O)c1ccc(C(=O)N[C@H](c2ccccc2)c2cccs2)cc1. The minimum Gasteiger partial charge on any atom is -0.340 e. The first-order chi connectivity index (χ1) is 12.9. The zero-order valence-electron chi connectivity index (χ0n) is 15.0. The molecule has 0 aliphatic heterocycles. The number of benzene rings is 2. The highest BCUT2D eigenvalue weighted by Gasteiger charge is 2.20. The molecule has 1 N–H and O–H groups in total. The van der Waals surface area contributed by atoms with Crippen molar-refractivity contribution < 1.29 is 13.2 Å². The Bertz CT molecular complexity index is 997. The van der Waals surface area contributed by atoms with Gasteiger partial charge in [-0.2, -0.15) is 0 Å². The quantitative estimate of drug-likeness (QED) is 0.688. The van der Waals surface area contributed by atoms with Gasteiger partial charge in [0.25, 0.3) is 5.91 Å². The maximum absolute atomic E-state index is 12.8. The lowest BCUT2D eigenvalue weighted by Gasteiger charge is -2.18. The maximum Gasteiger partial charge on any atom is 0.252 e. The van der Waals surface area contributed by atoms with Crippen molar-refractivity contribution in [3.63, 3.8) is 0 Å². The molecule has 0 bridgehead atoms. The molecule has 0 unspecified atom stereocenters. The fourth-order valence-corrected chi connectivity index (χ4v) is 4.33. The van der Waals surface area contributed by atoms with Crippen LogP contribution in [-0.2, 0) is 10.0 Å². The van der Waals surface area contributed by atoms with Crippen molar-refractivity contribution in [3.05, 3.63) is 88.1 Å². The lowest BCUT2D eigenvalue weighted by Crippen LogP contribution is -2.29. The smallest absolute Gasteiger partial charge is 0.252 e. The Balaban J connectivity index is 1.85. The molecule has 5 nitrogen and oxygen atoms in total. The Morgan fingerprint density at radius 3 is 2.19 bits per heavy atom. The average Bonchev–Trinajstić information content (AvgIpc) is 3.21. The number of nitrogens with one attached hydrogen (secondary N) is 1. The Hall–Kier alpha value is -2.48. The highest BCUT2D eigenvalue weighted by atomic mass is 32.2. The van der Waals surface area contributed by atoms with Gasteiger partial charge in [-0.05, 0) is 41.3 Å². The summed E-state index contributed by atoms with van der Waals surface area (Å²) in [5.74, 6) is -0.258. The summed E-state index contributed by atoms with van der Waals surface area (Å²) in [4.78, 5) is 13.9.